The molecule has 0 aliphatic heterocycles. The largest absolute Gasteiger partial charge is 0.343 e. The molecule has 1 aromatic rings. The minimum Gasteiger partial charge on any atom is -0.343 e. The maximum absolute atomic E-state index is 2.50. The van der Waals surface area contributed by atoms with Crippen molar-refractivity contribution in [1.29, 1.82) is 0 Å². The predicted octanol–water partition coefficient (Wildman–Crippen LogP) is 4.49. The Morgan fingerprint density at radius 3 is 1.40 bits per heavy atom. The molecule has 0 aliphatic rings. The molecule has 0 saturated carbocycles. The number of nitrogens with zero attached hydrogens (tertiary/aromatic N) is 1. The Hall–Kier alpha value is -0.720. The summed E-state index contributed by atoms with van der Waals surface area (Å²) >= 11 is 0. The number of hydrogen-bond donors (Lipinski definition) is 0. The van der Waals surface area contributed by atoms with Crippen molar-refractivity contribution in [2.75, 3.05) is 0 Å². The van der Waals surface area contributed by atoms with Gasteiger partial charge in [0.05, 0.1) is 0 Å². The molecule has 1 heteroatoms. The van der Waals surface area contributed by atoms with Gasteiger partial charge in [0, 0.05) is 16.9 Å². The number of rotatable bonds is 2. The van der Waals surface area contributed by atoms with Crippen LogP contribution in [0.1, 0.15) is 71.7 Å². The van der Waals surface area contributed by atoms with Crippen LogP contribution in [-0.4, -0.2) is 4.57 Å². The SMILES string of the molecule is CC(C)c1ccc(C(C)C)n1C(C)(C)C. The summed E-state index contributed by atoms with van der Waals surface area (Å²) in [6.07, 6.45) is 0. The molecule has 0 unspecified atom stereocenters. The molecule has 1 nitrogen and oxygen atoms in total. The molecule has 15 heavy (non-hydrogen) atoms. The zero-order valence-electron chi connectivity index (χ0n) is 11.3. The molecule has 0 radical (unpaired) electrons. The van der Waals surface area contributed by atoms with E-state index in [0.29, 0.717) is 11.8 Å². The second-order valence-corrected chi connectivity index (χ2v) is 6.00. The predicted molar refractivity (Wildman–Crippen MR) is 67.6 cm³/mol. The third kappa shape index (κ3) is 2.45. The molecule has 0 amide bonds. The van der Waals surface area contributed by atoms with Crippen molar-refractivity contribution in [3.05, 3.63) is 23.5 Å². The van der Waals surface area contributed by atoms with E-state index in [1.807, 2.05) is 0 Å². The van der Waals surface area contributed by atoms with E-state index in [-0.39, 0.29) is 5.54 Å². The second kappa shape index (κ2) is 4.03. The van der Waals surface area contributed by atoms with Crippen LogP contribution in [-0.2, 0) is 5.54 Å². The van der Waals surface area contributed by atoms with Crippen molar-refractivity contribution in [3.63, 3.8) is 0 Å². The third-order valence-corrected chi connectivity index (χ3v) is 2.80. The fourth-order valence-corrected chi connectivity index (χ4v) is 2.14. The van der Waals surface area contributed by atoms with Crippen molar-refractivity contribution in [1.82, 2.24) is 4.57 Å². The first-order chi connectivity index (χ1) is 6.75. The molecule has 1 aromatic heterocycles. The van der Waals surface area contributed by atoms with Crippen LogP contribution in [0.4, 0.5) is 0 Å². The smallest absolute Gasteiger partial charge is 0.0361 e. The monoisotopic (exact) mass is 207 g/mol. The summed E-state index contributed by atoms with van der Waals surface area (Å²) in [6, 6.07) is 4.57. The minimum atomic E-state index is 0.183. The topological polar surface area (TPSA) is 4.93 Å². The second-order valence-electron chi connectivity index (χ2n) is 6.00. The molecule has 0 aromatic carbocycles. The van der Waals surface area contributed by atoms with Gasteiger partial charge in [-0.3, -0.25) is 0 Å². The third-order valence-electron chi connectivity index (χ3n) is 2.80. The Kier molecular flexibility index (Phi) is 3.32. The standard InChI is InChI=1S/C14H25N/c1-10(2)12-8-9-13(11(3)4)15(12)14(5,6)7/h8-11H,1-7H3. The molecular weight excluding hydrogens is 182 g/mol. The van der Waals surface area contributed by atoms with Crippen molar-refractivity contribution < 1.29 is 0 Å². The lowest BCUT2D eigenvalue weighted by Crippen LogP contribution is -2.26. The highest BCUT2D eigenvalue weighted by atomic mass is 15.1. The van der Waals surface area contributed by atoms with Gasteiger partial charge in [-0.15, -0.1) is 0 Å². The van der Waals surface area contributed by atoms with Gasteiger partial charge < -0.3 is 4.57 Å². The summed E-state index contributed by atoms with van der Waals surface area (Å²) in [7, 11) is 0. The molecular formula is C14H25N. The Bertz CT molecular complexity index is 298. The highest BCUT2D eigenvalue weighted by Crippen LogP contribution is 2.30. The van der Waals surface area contributed by atoms with Gasteiger partial charge in [-0.1, -0.05) is 27.7 Å². The Morgan fingerprint density at radius 2 is 1.20 bits per heavy atom. The fraction of sp³-hybridized carbons (Fsp3) is 0.714. The lowest BCUT2D eigenvalue weighted by molar-refractivity contribution is 0.364. The molecule has 1 heterocycles. The van der Waals surface area contributed by atoms with E-state index < -0.39 is 0 Å². The maximum Gasteiger partial charge on any atom is 0.0361 e. The Balaban J connectivity index is 3.34. The zero-order valence-corrected chi connectivity index (χ0v) is 11.3. The van der Waals surface area contributed by atoms with Gasteiger partial charge in [0.2, 0.25) is 0 Å². The van der Waals surface area contributed by atoms with Crippen molar-refractivity contribution in [2.24, 2.45) is 0 Å². The van der Waals surface area contributed by atoms with Gasteiger partial charge >= 0.3 is 0 Å². The van der Waals surface area contributed by atoms with Gasteiger partial charge in [0.1, 0.15) is 0 Å². The molecule has 0 atom stereocenters. The van der Waals surface area contributed by atoms with Crippen LogP contribution >= 0.6 is 0 Å². The van der Waals surface area contributed by atoms with Crippen LogP contribution in [0, 0.1) is 0 Å². The van der Waals surface area contributed by atoms with E-state index in [1.165, 1.54) is 11.4 Å². The minimum absolute atomic E-state index is 0.183. The van der Waals surface area contributed by atoms with Crippen molar-refractivity contribution in [2.45, 2.75) is 65.8 Å². The summed E-state index contributed by atoms with van der Waals surface area (Å²) in [4.78, 5) is 0. The van der Waals surface area contributed by atoms with Crippen LogP contribution in [0.5, 0.6) is 0 Å². The molecule has 0 saturated heterocycles. The van der Waals surface area contributed by atoms with Gasteiger partial charge in [-0.2, -0.15) is 0 Å². The van der Waals surface area contributed by atoms with E-state index in [0.717, 1.165) is 0 Å². The van der Waals surface area contributed by atoms with Crippen LogP contribution < -0.4 is 0 Å². The van der Waals surface area contributed by atoms with Crippen LogP contribution in [0.3, 0.4) is 0 Å². The highest BCUT2D eigenvalue weighted by molar-refractivity contribution is 5.23. The molecule has 86 valence electrons. The molecule has 1 rings (SSSR count). The summed E-state index contributed by atoms with van der Waals surface area (Å²) in [6.45, 7) is 15.9. The fourth-order valence-electron chi connectivity index (χ4n) is 2.14. The summed E-state index contributed by atoms with van der Waals surface area (Å²) in [5.41, 5.74) is 3.08. The maximum atomic E-state index is 2.50. The van der Waals surface area contributed by atoms with Crippen LogP contribution in [0.2, 0.25) is 0 Å². The van der Waals surface area contributed by atoms with Crippen molar-refractivity contribution in [3.8, 4) is 0 Å². The molecule has 0 N–H and O–H groups in total. The molecule has 0 bridgehead atoms. The lowest BCUT2D eigenvalue weighted by atomic mass is 10.0. The first kappa shape index (κ1) is 12.4. The molecule has 0 spiro atoms. The number of aromatic nitrogens is 1. The summed E-state index contributed by atoms with van der Waals surface area (Å²) in [5, 5.41) is 0. The normalized spacial score (nSPS) is 12.9. The highest BCUT2D eigenvalue weighted by Gasteiger charge is 2.22. The lowest BCUT2D eigenvalue weighted by Gasteiger charge is -2.30. The van der Waals surface area contributed by atoms with Crippen LogP contribution in [0.15, 0.2) is 12.1 Å². The Morgan fingerprint density at radius 1 is 0.867 bits per heavy atom. The Labute approximate surface area is 94.5 Å². The summed E-state index contributed by atoms with van der Waals surface area (Å²) < 4.78 is 2.50. The van der Waals surface area contributed by atoms with E-state index >= 15 is 0 Å². The summed E-state index contributed by atoms with van der Waals surface area (Å²) in [5.74, 6) is 1.19. The first-order valence-corrected chi connectivity index (χ1v) is 5.97. The van der Waals surface area contributed by atoms with Gasteiger partial charge in [-0.05, 0) is 44.7 Å². The molecule has 0 aliphatic carbocycles. The van der Waals surface area contributed by atoms with E-state index in [4.69, 9.17) is 0 Å². The first-order valence-electron chi connectivity index (χ1n) is 5.97. The van der Waals surface area contributed by atoms with Crippen molar-refractivity contribution >= 4 is 0 Å². The van der Waals surface area contributed by atoms with Gasteiger partial charge in [0.25, 0.3) is 0 Å². The van der Waals surface area contributed by atoms with E-state index in [9.17, 15) is 0 Å². The van der Waals surface area contributed by atoms with E-state index in [2.05, 4.69) is 65.2 Å². The average molecular weight is 207 g/mol. The van der Waals surface area contributed by atoms with E-state index in [1.54, 1.807) is 0 Å². The van der Waals surface area contributed by atoms with Gasteiger partial charge in [-0.25, -0.2) is 0 Å². The quantitative estimate of drug-likeness (QED) is 0.673. The average Bonchev–Trinajstić information content (AvgIpc) is 2.45. The van der Waals surface area contributed by atoms with Crippen LogP contribution in [0.25, 0.3) is 0 Å². The zero-order chi connectivity index (χ0) is 11.8. The van der Waals surface area contributed by atoms with Gasteiger partial charge in [0.15, 0.2) is 0 Å². The molecule has 0 fully saturated rings. The number of hydrogen-bond acceptors (Lipinski definition) is 0.